The van der Waals surface area contributed by atoms with Crippen molar-refractivity contribution in [3.05, 3.63) is 29.3 Å². The van der Waals surface area contributed by atoms with Crippen LogP contribution in [0.4, 0.5) is 5.69 Å². The second kappa shape index (κ2) is 7.03. The molecule has 0 bridgehead atoms. The van der Waals surface area contributed by atoms with Crippen molar-refractivity contribution in [1.82, 2.24) is 14.7 Å². The summed E-state index contributed by atoms with van der Waals surface area (Å²) in [4.78, 5) is 10.4. The fourth-order valence-corrected chi connectivity index (χ4v) is 4.56. The van der Waals surface area contributed by atoms with E-state index in [2.05, 4.69) is 51.8 Å². The zero-order chi connectivity index (χ0) is 16.5. The van der Waals surface area contributed by atoms with E-state index in [-0.39, 0.29) is 0 Å². The van der Waals surface area contributed by atoms with E-state index in [9.17, 15) is 0 Å². The summed E-state index contributed by atoms with van der Waals surface area (Å²) in [5.41, 5.74) is 4.41. The number of anilines is 1. The van der Waals surface area contributed by atoms with Gasteiger partial charge in [-0.15, -0.1) is 0 Å². The molecule has 1 aromatic carbocycles. The number of benzene rings is 1. The molecule has 0 N–H and O–H groups in total. The normalized spacial score (nSPS) is 26.8. The van der Waals surface area contributed by atoms with E-state index in [1.54, 1.807) is 0 Å². The second-order valence-electron chi connectivity index (χ2n) is 7.99. The van der Waals surface area contributed by atoms with Gasteiger partial charge in [0.15, 0.2) is 0 Å². The summed E-state index contributed by atoms with van der Waals surface area (Å²) in [5.74, 6) is 0. The molecule has 0 spiro atoms. The van der Waals surface area contributed by atoms with Crippen molar-refractivity contribution >= 4 is 5.69 Å². The van der Waals surface area contributed by atoms with Crippen LogP contribution in [0.1, 0.15) is 24.0 Å². The van der Waals surface area contributed by atoms with Crippen molar-refractivity contribution in [2.75, 3.05) is 64.3 Å². The van der Waals surface area contributed by atoms with E-state index in [0.29, 0.717) is 0 Å². The Morgan fingerprint density at radius 1 is 1.00 bits per heavy atom. The number of nitrogens with zero attached hydrogens (tertiary/aromatic N) is 4. The van der Waals surface area contributed by atoms with Crippen LogP contribution in [0.5, 0.6) is 0 Å². The van der Waals surface area contributed by atoms with Gasteiger partial charge in [-0.25, -0.2) is 0 Å². The number of piperazine rings is 2. The highest BCUT2D eigenvalue weighted by atomic mass is 15.3. The Balaban J connectivity index is 1.50. The first-order valence-corrected chi connectivity index (χ1v) is 9.68. The van der Waals surface area contributed by atoms with E-state index in [0.717, 1.165) is 12.6 Å². The van der Waals surface area contributed by atoms with Gasteiger partial charge >= 0.3 is 0 Å². The molecule has 0 amide bonds. The first-order valence-electron chi connectivity index (χ1n) is 9.68. The quantitative estimate of drug-likeness (QED) is 0.842. The van der Waals surface area contributed by atoms with E-state index in [1.165, 1.54) is 82.0 Å². The molecule has 0 saturated carbocycles. The predicted molar refractivity (Wildman–Crippen MR) is 101 cm³/mol. The van der Waals surface area contributed by atoms with Gasteiger partial charge in [0.1, 0.15) is 0 Å². The third-order valence-corrected chi connectivity index (χ3v) is 6.16. The lowest BCUT2D eigenvalue weighted by Gasteiger charge is -2.40. The zero-order valence-corrected chi connectivity index (χ0v) is 15.4. The number of hydrogen-bond acceptors (Lipinski definition) is 4. The van der Waals surface area contributed by atoms with Gasteiger partial charge in [-0.1, -0.05) is 12.1 Å². The molecular formula is C20H32N4. The average molecular weight is 329 g/mol. The third-order valence-electron chi connectivity index (χ3n) is 6.16. The molecule has 1 aromatic rings. The molecule has 4 heteroatoms. The standard InChI is InChI=1S/C20H32N4/c1-17-5-6-18(15-22-10-8-21(2)9-11-22)20(14-17)24-13-12-23-7-3-4-19(23)16-24/h5-6,14,19H,3-4,7-13,15-16H2,1-2H3. The van der Waals surface area contributed by atoms with Gasteiger partial charge in [0.05, 0.1) is 0 Å². The minimum absolute atomic E-state index is 0.788. The van der Waals surface area contributed by atoms with E-state index in [4.69, 9.17) is 0 Å². The number of likely N-dealkylation sites (N-methyl/N-ethyl adjacent to an activating group) is 1. The highest BCUT2D eigenvalue weighted by molar-refractivity contribution is 5.56. The SMILES string of the molecule is Cc1ccc(CN2CCN(C)CC2)c(N2CCN3CCCC3C2)c1. The van der Waals surface area contributed by atoms with E-state index >= 15 is 0 Å². The van der Waals surface area contributed by atoms with Crippen LogP contribution in [0.25, 0.3) is 0 Å². The predicted octanol–water partition coefficient (Wildman–Crippen LogP) is 2.03. The Bertz CT molecular complexity index is 565. The van der Waals surface area contributed by atoms with Crippen LogP contribution in [0.2, 0.25) is 0 Å². The Labute approximate surface area is 147 Å². The minimum atomic E-state index is 0.788. The summed E-state index contributed by atoms with van der Waals surface area (Å²) in [6.07, 6.45) is 2.77. The van der Waals surface area contributed by atoms with Gasteiger partial charge in [0, 0.05) is 64.1 Å². The van der Waals surface area contributed by atoms with Crippen molar-refractivity contribution in [2.24, 2.45) is 0 Å². The lowest BCUT2D eigenvalue weighted by atomic mass is 10.0. The summed E-state index contributed by atoms with van der Waals surface area (Å²) in [7, 11) is 2.23. The zero-order valence-electron chi connectivity index (χ0n) is 15.4. The van der Waals surface area contributed by atoms with Crippen molar-refractivity contribution < 1.29 is 0 Å². The van der Waals surface area contributed by atoms with Crippen molar-refractivity contribution in [2.45, 2.75) is 32.4 Å². The number of fused-ring (bicyclic) bond motifs is 1. The Morgan fingerprint density at radius 2 is 1.83 bits per heavy atom. The molecule has 3 saturated heterocycles. The van der Waals surface area contributed by atoms with Gasteiger partial charge in [0.2, 0.25) is 0 Å². The average Bonchev–Trinajstić information content (AvgIpc) is 3.06. The molecule has 1 atom stereocenters. The Hall–Kier alpha value is -1.10. The molecule has 0 radical (unpaired) electrons. The molecule has 132 valence electrons. The van der Waals surface area contributed by atoms with Crippen LogP contribution < -0.4 is 4.90 Å². The number of hydrogen-bond donors (Lipinski definition) is 0. The second-order valence-corrected chi connectivity index (χ2v) is 7.99. The summed E-state index contributed by atoms with van der Waals surface area (Å²) < 4.78 is 0. The van der Waals surface area contributed by atoms with Crippen LogP contribution in [0, 0.1) is 6.92 Å². The Morgan fingerprint density at radius 3 is 2.67 bits per heavy atom. The van der Waals surface area contributed by atoms with E-state index in [1.807, 2.05) is 0 Å². The van der Waals surface area contributed by atoms with Crippen LogP contribution in [0.15, 0.2) is 18.2 Å². The third kappa shape index (κ3) is 3.46. The largest absolute Gasteiger partial charge is 0.368 e. The maximum atomic E-state index is 2.70. The molecule has 24 heavy (non-hydrogen) atoms. The van der Waals surface area contributed by atoms with Crippen molar-refractivity contribution in [3.8, 4) is 0 Å². The number of aryl methyl sites for hydroxylation is 1. The fraction of sp³-hybridized carbons (Fsp3) is 0.700. The maximum Gasteiger partial charge on any atom is 0.0415 e. The monoisotopic (exact) mass is 328 g/mol. The smallest absolute Gasteiger partial charge is 0.0415 e. The van der Waals surface area contributed by atoms with Gasteiger partial charge in [-0.2, -0.15) is 0 Å². The molecule has 0 aromatic heterocycles. The summed E-state index contributed by atoms with van der Waals surface area (Å²) in [5, 5.41) is 0. The molecule has 4 nitrogen and oxygen atoms in total. The summed E-state index contributed by atoms with van der Waals surface area (Å²) in [6.45, 7) is 13.1. The summed E-state index contributed by atoms with van der Waals surface area (Å²) in [6, 6.07) is 7.89. The Kier molecular flexibility index (Phi) is 4.79. The molecule has 3 aliphatic rings. The highest BCUT2D eigenvalue weighted by Crippen LogP contribution is 2.29. The van der Waals surface area contributed by atoms with Crippen molar-refractivity contribution in [1.29, 1.82) is 0 Å². The molecule has 3 aliphatic heterocycles. The number of rotatable bonds is 3. The molecule has 0 aliphatic carbocycles. The molecule has 3 fully saturated rings. The lowest BCUT2D eigenvalue weighted by Crippen LogP contribution is -2.50. The first-order chi connectivity index (χ1) is 11.7. The van der Waals surface area contributed by atoms with Crippen molar-refractivity contribution in [3.63, 3.8) is 0 Å². The maximum absolute atomic E-state index is 2.70. The van der Waals surface area contributed by atoms with Gasteiger partial charge in [-0.05, 0) is 50.6 Å². The van der Waals surface area contributed by atoms with Gasteiger partial charge in [-0.3, -0.25) is 9.80 Å². The molecule has 1 unspecified atom stereocenters. The van der Waals surface area contributed by atoms with Crippen LogP contribution in [0.3, 0.4) is 0 Å². The first kappa shape index (κ1) is 16.4. The molecule has 3 heterocycles. The highest BCUT2D eigenvalue weighted by Gasteiger charge is 2.31. The lowest BCUT2D eigenvalue weighted by molar-refractivity contribution is 0.148. The van der Waals surface area contributed by atoms with Gasteiger partial charge in [0.25, 0.3) is 0 Å². The molecular weight excluding hydrogens is 296 g/mol. The fourth-order valence-electron chi connectivity index (χ4n) is 4.56. The molecule has 4 rings (SSSR count). The van der Waals surface area contributed by atoms with Gasteiger partial charge < -0.3 is 9.80 Å². The topological polar surface area (TPSA) is 13.0 Å². The van der Waals surface area contributed by atoms with Crippen LogP contribution in [-0.4, -0.2) is 80.1 Å². The van der Waals surface area contributed by atoms with E-state index < -0.39 is 0 Å². The minimum Gasteiger partial charge on any atom is -0.368 e. The van der Waals surface area contributed by atoms with Crippen LogP contribution >= 0.6 is 0 Å². The summed E-state index contributed by atoms with van der Waals surface area (Å²) >= 11 is 0. The van der Waals surface area contributed by atoms with Crippen LogP contribution in [-0.2, 0) is 6.54 Å².